The quantitative estimate of drug-likeness (QED) is 0.0107. The number of phosphoric ester groups is 2. The number of ether oxygens (including phenoxy) is 3. The van der Waals surface area contributed by atoms with Crippen molar-refractivity contribution in [2.24, 2.45) is 0 Å². The van der Waals surface area contributed by atoms with Gasteiger partial charge < -0.3 is 50.2 Å². The van der Waals surface area contributed by atoms with Gasteiger partial charge >= 0.3 is 33.3 Å². The van der Waals surface area contributed by atoms with Crippen LogP contribution in [0, 0.1) is 0 Å². The van der Waals surface area contributed by atoms with E-state index in [1.165, 1.54) is 6.07 Å². The summed E-state index contributed by atoms with van der Waals surface area (Å²) >= 11 is 0. The van der Waals surface area contributed by atoms with Crippen LogP contribution in [0.3, 0.4) is 0 Å². The minimum Gasteiger partial charge on any atom is -0.462 e. The first kappa shape index (κ1) is 65.5. The molecule has 1 fully saturated rings. The maximum absolute atomic E-state index is 12.9. The largest absolute Gasteiger partial charge is 0.481 e. The highest BCUT2D eigenvalue weighted by Gasteiger charge is 2.46. The van der Waals surface area contributed by atoms with E-state index in [1.807, 2.05) is 37.3 Å². The minimum absolute atomic E-state index is 0.0196. The number of anilines is 1. The molecule has 1 aliphatic heterocycles. The molecule has 0 spiro atoms. The Kier molecular flexibility index (Phi) is 34.3. The smallest absolute Gasteiger partial charge is 0.462 e. The molecule has 0 amide bonds. The predicted octanol–water partition coefficient (Wildman–Crippen LogP) is 8.16. The molecule has 2 rings (SSSR count). The van der Waals surface area contributed by atoms with Crippen LogP contribution in [0.1, 0.15) is 123 Å². The maximum atomic E-state index is 12.9. The fourth-order valence-electron chi connectivity index (χ4n) is 6.65. The van der Waals surface area contributed by atoms with Gasteiger partial charge in [-0.25, -0.2) is 13.9 Å². The number of rotatable bonds is 39. The number of esters is 2. The van der Waals surface area contributed by atoms with Crippen molar-refractivity contribution in [1.29, 1.82) is 0 Å². The molecule has 20 nitrogen and oxygen atoms in total. The van der Waals surface area contributed by atoms with Gasteiger partial charge in [0.25, 0.3) is 0 Å². The highest BCUT2D eigenvalue weighted by atomic mass is 31.3. The van der Waals surface area contributed by atoms with Crippen molar-refractivity contribution in [3.63, 3.8) is 0 Å². The second kappa shape index (κ2) is 38.8. The molecule has 22 heteroatoms. The van der Waals surface area contributed by atoms with Crippen molar-refractivity contribution in [3.8, 4) is 0 Å². The predicted molar refractivity (Wildman–Crippen MR) is 282 cm³/mol. The number of carbonyl (C=O) groups is 2. The summed E-state index contributed by atoms with van der Waals surface area (Å²) in [4.78, 5) is 61.9. The lowest BCUT2D eigenvalue weighted by Crippen LogP contribution is -2.36. The number of allylic oxidation sites excluding steroid dienone is 14. The van der Waals surface area contributed by atoms with Crippen LogP contribution >= 0.6 is 15.6 Å². The Hall–Kier alpha value is -4.66. The number of carbonyl (C=O) groups excluding carboxylic acids is 2. The summed E-state index contributed by atoms with van der Waals surface area (Å²) < 4.78 is 56.6. The monoisotopic (exact) mass is 1080 g/mol. The number of nitrogens with two attached hydrogens (primary N) is 1. The molecule has 0 aliphatic carbocycles. The van der Waals surface area contributed by atoms with Gasteiger partial charge in [0.05, 0.1) is 25.4 Å². The number of nitrogen functional groups attached to an aromatic ring is 1. The van der Waals surface area contributed by atoms with E-state index < -0.39 is 95.9 Å². The SMILES string of the molecule is CC/C=C\C/C=C\C/C=C\CCCCCCCC(=O)O[C@H](COC(=O)CCC/C=C\[C@H](O)/C=C/C=C\C/C=C\C=C\[C@H](O)C/C=C\CC)COP(=O)(O)OP(=O)(O)OC[C@H]1O[C@@H](n2ccc(N)nc2=O)[C@H](O)[C@@H]1O. The van der Waals surface area contributed by atoms with E-state index in [0.29, 0.717) is 32.1 Å². The van der Waals surface area contributed by atoms with Crippen molar-refractivity contribution in [1.82, 2.24) is 9.55 Å². The van der Waals surface area contributed by atoms with Crippen molar-refractivity contribution < 1.29 is 76.5 Å². The van der Waals surface area contributed by atoms with Crippen LogP contribution < -0.4 is 11.4 Å². The first-order chi connectivity index (χ1) is 35.5. The summed E-state index contributed by atoms with van der Waals surface area (Å²) in [7, 11) is -10.9. The van der Waals surface area contributed by atoms with Crippen LogP contribution in [0.15, 0.2) is 126 Å². The van der Waals surface area contributed by atoms with Crippen LogP contribution in [0.5, 0.6) is 0 Å². The molecule has 74 heavy (non-hydrogen) atoms. The van der Waals surface area contributed by atoms with E-state index in [2.05, 4.69) is 52.7 Å². The van der Waals surface area contributed by atoms with Crippen molar-refractivity contribution in [3.05, 3.63) is 132 Å². The second-order valence-electron chi connectivity index (χ2n) is 16.9. The van der Waals surface area contributed by atoms with E-state index in [0.717, 1.165) is 68.6 Å². The summed E-state index contributed by atoms with van der Waals surface area (Å²) in [5.41, 5.74) is 4.56. The molecule has 9 atom stereocenters. The first-order valence-corrected chi connectivity index (χ1v) is 28.1. The Morgan fingerprint density at radius 3 is 2.05 bits per heavy atom. The van der Waals surface area contributed by atoms with Gasteiger partial charge in [-0.2, -0.15) is 9.29 Å². The summed E-state index contributed by atoms with van der Waals surface area (Å²) in [5, 5.41) is 41.0. The van der Waals surface area contributed by atoms with Gasteiger partial charge in [0, 0.05) is 19.0 Å². The van der Waals surface area contributed by atoms with Crippen molar-refractivity contribution >= 4 is 33.4 Å². The standard InChI is InChI=1S/C52H79N3O17P2/c1-3-5-7-8-9-10-11-12-13-14-15-16-20-23-29-36-48(59)70-44(39-67-47(58)35-30-24-28-34-43(57)33-27-22-19-17-18-21-26-32-42(56)31-25-6-4-2)40-68-73(63,64)72-74(65,66)69-41-45-49(60)50(61)51(71-45)55-38-37-46(53)54-52(55)62/h5-7,9-10,12-13,18-19,21-22,25-28,32-34,37-38,42-45,49-51,56-57,60-61H,3-4,8,11,14-17,20,23-24,29-31,35-36,39-41H2,1-2H3,(H,63,64)(H,65,66)(H2,53,54,62)/b7-5-,10-9-,13-12-,21-18-,22-19-,25-6-,32-26+,33-27+,34-28-/t42-,43-,44-,45-,49-,50-,51-/m1/s1. The number of nitrogens with zero attached hydrogens (tertiary/aromatic N) is 2. The fourth-order valence-corrected chi connectivity index (χ4v) is 8.76. The summed E-state index contributed by atoms with van der Waals surface area (Å²) in [6.07, 6.45) is 36.7. The Bertz CT molecular complexity index is 2200. The van der Waals surface area contributed by atoms with Gasteiger partial charge in [-0.3, -0.25) is 23.2 Å². The van der Waals surface area contributed by atoms with Gasteiger partial charge in [-0.1, -0.05) is 142 Å². The van der Waals surface area contributed by atoms with Crippen LogP contribution in [0.4, 0.5) is 5.82 Å². The number of phosphoric acid groups is 2. The highest BCUT2D eigenvalue weighted by Crippen LogP contribution is 2.60. The molecule has 2 heterocycles. The maximum Gasteiger partial charge on any atom is 0.481 e. The zero-order valence-corrected chi connectivity index (χ0v) is 44.4. The molecule has 1 aromatic heterocycles. The van der Waals surface area contributed by atoms with Crippen LogP contribution in [-0.4, -0.2) is 108 Å². The third-order valence-corrected chi connectivity index (χ3v) is 13.1. The van der Waals surface area contributed by atoms with E-state index in [4.69, 9.17) is 29.0 Å². The molecule has 0 aromatic carbocycles. The minimum atomic E-state index is -5.48. The zero-order chi connectivity index (χ0) is 54.5. The summed E-state index contributed by atoms with van der Waals surface area (Å²) in [6, 6.07) is 1.23. The number of hydrogen-bond donors (Lipinski definition) is 7. The Morgan fingerprint density at radius 2 is 1.34 bits per heavy atom. The molecule has 8 N–H and O–H groups in total. The van der Waals surface area contributed by atoms with E-state index in [-0.39, 0.29) is 18.7 Å². The van der Waals surface area contributed by atoms with Crippen molar-refractivity contribution in [2.45, 2.75) is 159 Å². The van der Waals surface area contributed by atoms with Gasteiger partial charge in [0.1, 0.15) is 30.7 Å². The average molecular weight is 1080 g/mol. The number of unbranched alkanes of at least 4 members (excludes halogenated alkanes) is 6. The molecule has 0 saturated carbocycles. The molecule has 1 saturated heterocycles. The van der Waals surface area contributed by atoms with Gasteiger partial charge in [-0.15, -0.1) is 0 Å². The van der Waals surface area contributed by atoms with Gasteiger partial charge in [-0.05, 0) is 76.7 Å². The third-order valence-electron chi connectivity index (χ3n) is 10.5. The lowest BCUT2D eigenvalue weighted by molar-refractivity contribution is -0.161. The Morgan fingerprint density at radius 1 is 0.730 bits per heavy atom. The van der Waals surface area contributed by atoms with Crippen LogP contribution in [-0.2, 0) is 46.3 Å². The molecule has 0 radical (unpaired) electrons. The number of aliphatic hydroxyl groups is 4. The lowest BCUT2D eigenvalue weighted by Gasteiger charge is -2.21. The van der Waals surface area contributed by atoms with Gasteiger partial charge in [0.15, 0.2) is 12.3 Å². The normalized spacial score (nSPS) is 20.6. The fraction of sp³-hybridized carbons (Fsp3) is 0.538. The number of hydrogen-bond acceptors (Lipinski definition) is 17. The first-order valence-electron chi connectivity index (χ1n) is 25.1. The van der Waals surface area contributed by atoms with E-state index in [9.17, 15) is 53.7 Å². The van der Waals surface area contributed by atoms with Crippen LogP contribution in [0.25, 0.3) is 0 Å². The Labute approximate surface area is 435 Å². The van der Waals surface area contributed by atoms with Gasteiger partial charge in [0.2, 0.25) is 0 Å². The third kappa shape index (κ3) is 31.3. The van der Waals surface area contributed by atoms with E-state index in [1.54, 1.807) is 42.5 Å². The second-order valence-corrected chi connectivity index (χ2v) is 20.0. The molecular formula is C52H79N3O17P2. The molecular weight excluding hydrogens is 1000 g/mol. The molecule has 414 valence electrons. The summed E-state index contributed by atoms with van der Waals surface area (Å²) in [5.74, 6) is -1.53. The zero-order valence-electron chi connectivity index (χ0n) is 42.6. The number of aromatic nitrogens is 2. The highest BCUT2D eigenvalue weighted by molar-refractivity contribution is 7.61. The van der Waals surface area contributed by atoms with Crippen molar-refractivity contribution in [2.75, 3.05) is 25.6 Å². The average Bonchev–Trinajstić information content (AvgIpc) is 3.63. The van der Waals surface area contributed by atoms with E-state index >= 15 is 0 Å². The summed E-state index contributed by atoms with van der Waals surface area (Å²) in [6.45, 7) is 1.63. The molecule has 1 aliphatic rings. The van der Waals surface area contributed by atoms with Crippen LogP contribution in [0.2, 0.25) is 0 Å². The molecule has 2 unspecified atom stereocenters. The molecule has 1 aromatic rings. The molecule has 0 bridgehead atoms. The lowest BCUT2D eigenvalue weighted by atomic mass is 10.1. The Balaban J connectivity index is 1.88. The number of aliphatic hydroxyl groups excluding tert-OH is 4. The topological polar surface area (TPSA) is 306 Å².